The van der Waals surface area contributed by atoms with Gasteiger partial charge >= 0.3 is 0 Å². The Morgan fingerprint density at radius 2 is 2.40 bits per heavy atom. The number of furan rings is 1. The second-order valence-electron chi connectivity index (χ2n) is 3.65. The van der Waals surface area contributed by atoms with E-state index in [2.05, 4.69) is 10.6 Å². The molecular formula is C11H14N2O2. The summed E-state index contributed by atoms with van der Waals surface area (Å²) in [6.07, 6.45) is 3.23. The van der Waals surface area contributed by atoms with Crippen LogP contribution in [0.15, 0.2) is 34.2 Å². The Hall–Kier alpha value is -1.55. The van der Waals surface area contributed by atoms with Crippen LogP contribution in [0.2, 0.25) is 0 Å². The van der Waals surface area contributed by atoms with Crippen molar-refractivity contribution in [1.29, 1.82) is 0 Å². The molecule has 80 valence electrons. The molecule has 0 bridgehead atoms. The smallest absolute Gasteiger partial charge is 0.247 e. The van der Waals surface area contributed by atoms with Crippen molar-refractivity contribution in [2.24, 2.45) is 0 Å². The van der Waals surface area contributed by atoms with Crippen LogP contribution in [0.1, 0.15) is 12.5 Å². The van der Waals surface area contributed by atoms with Crippen LogP contribution < -0.4 is 10.6 Å². The second kappa shape index (κ2) is 4.31. The Balaban J connectivity index is 1.87. The molecule has 0 spiro atoms. The first-order valence-electron chi connectivity index (χ1n) is 4.96. The molecule has 0 unspecified atom stereocenters. The largest absolute Gasteiger partial charge is 0.472 e. The molecule has 2 N–H and O–H groups in total. The Kier molecular flexibility index (Phi) is 2.87. The summed E-state index contributed by atoms with van der Waals surface area (Å²) in [5.74, 6) is 0.00713. The fourth-order valence-corrected chi connectivity index (χ4v) is 1.38. The summed E-state index contributed by atoms with van der Waals surface area (Å²) >= 11 is 0. The SMILES string of the molecule is CC(C(=O)NCc1ccoc1)=C1CNC1. The first-order valence-corrected chi connectivity index (χ1v) is 4.96. The lowest BCUT2D eigenvalue weighted by atomic mass is 10.0. The standard InChI is InChI=1S/C11H14N2O2/c1-8(10-5-12-6-10)11(14)13-4-9-2-3-15-7-9/h2-3,7,12H,4-6H2,1H3,(H,13,14). The summed E-state index contributed by atoms with van der Waals surface area (Å²) < 4.78 is 4.91. The van der Waals surface area contributed by atoms with Crippen LogP contribution in [0.5, 0.6) is 0 Å². The van der Waals surface area contributed by atoms with E-state index >= 15 is 0 Å². The molecule has 1 aromatic rings. The van der Waals surface area contributed by atoms with Gasteiger partial charge in [-0.3, -0.25) is 4.79 Å². The van der Waals surface area contributed by atoms with Crippen LogP contribution in [-0.2, 0) is 11.3 Å². The molecule has 1 fully saturated rings. The van der Waals surface area contributed by atoms with Gasteiger partial charge in [0, 0.05) is 30.8 Å². The van der Waals surface area contributed by atoms with Crippen molar-refractivity contribution in [3.8, 4) is 0 Å². The van der Waals surface area contributed by atoms with Crippen molar-refractivity contribution in [2.75, 3.05) is 13.1 Å². The molecule has 15 heavy (non-hydrogen) atoms. The Morgan fingerprint density at radius 1 is 1.60 bits per heavy atom. The molecule has 1 aliphatic heterocycles. The highest BCUT2D eigenvalue weighted by atomic mass is 16.3. The molecule has 0 atom stereocenters. The van der Waals surface area contributed by atoms with Gasteiger partial charge in [0.2, 0.25) is 5.91 Å². The molecule has 2 heterocycles. The average molecular weight is 206 g/mol. The van der Waals surface area contributed by atoms with Crippen molar-refractivity contribution in [2.45, 2.75) is 13.5 Å². The van der Waals surface area contributed by atoms with Gasteiger partial charge in [0.1, 0.15) is 0 Å². The third-order valence-corrected chi connectivity index (χ3v) is 2.58. The number of rotatable bonds is 3. The molecule has 0 aromatic carbocycles. The predicted molar refractivity (Wildman–Crippen MR) is 56.1 cm³/mol. The fourth-order valence-electron chi connectivity index (χ4n) is 1.38. The molecule has 0 radical (unpaired) electrons. The molecule has 0 aliphatic carbocycles. The third kappa shape index (κ3) is 2.27. The number of carbonyl (C=O) groups excluding carboxylic acids is 1. The van der Waals surface area contributed by atoms with Crippen molar-refractivity contribution < 1.29 is 9.21 Å². The molecule has 1 aromatic heterocycles. The lowest BCUT2D eigenvalue weighted by Gasteiger charge is -2.21. The third-order valence-electron chi connectivity index (χ3n) is 2.58. The van der Waals surface area contributed by atoms with Gasteiger partial charge in [0.05, 0.1) is 12.5 Å². The van der Waals surface area contributed by atoms with E-state index in [1.165, 1.54) is 5.57 Å². The normalized spacial score (nSPS) is 14.6. The summed E-state index contributed by atoms with van der Waals surface area (Å²) in [6, 6.07) is 1.84. The summed E-state index contributed by atoms with van der Waals surface area (Å²) in [6.45, 7) is 4.06. The van der Waals surface area contributed by atoms with E-state index in [4.69, 9.17) is 4.42 Å². The highest BCUT2D eigenvalue weighted by Gasteiger charge is 2.15. The zero-order valence-electron chi connectivity index (χ0n) is 8.67. The fraction of sp³-hybridized carbons (Fsp3) is 0.364. The highest BCUT2D eigenvalue weighted by Crippen LogP contribution is 2.09. The van der Waals surface area contributed by atoms with E-state index in [9.17, 15) is 4.79 Å². The van der Waals surface area contributed by atoms with Crippen molar-refractivity contribution in [3.05, 3.63) is 35.3 Å². The lowest BCUT2D eigenvalue weighted by Crippen LogP contribution is -2.37. The van der Waals surface area contributed by atoms with Gasteiger partial charge in [0.15, 0.2) is 0 Å². The Labute approximate surface area is 88.3 Å². The van der Waals surface area contributed by atoms with E-state index in [0.29, 0.717) is 6.54 Å². The maximum atomic E-state index is 11.6. The summed E-state index contributed by atoms with van der Waals surface area (Å²) in [5, 5.41) is 5.96. The highest BCUT2D eigenvalue weighted by molar-refractivity contribution is 5.93. The zero-order chi connectivity index (χ0) is 10.7. The van der Waals surface area contributed by atoms with E-state index < -0.39 is 0 Å². The number of hydrogen-bond donors (Lipinski definition) is 2. The van der Waals surface area contributed by atoms with Crippen molar-refractivity contribution in [3.63, 3.8) is 0 Å². The van der Waals surface area contributed by atoms with E-state index in [0.717, 1.165) is 24.2 Å². The van der Waals surface area contributed by atoms with Gasteiger partial charge in [-0.25, -0.2) is 0 Å². The predicted octanol–water partition coefficient (Wildman–Crippen LogP) is 0.816. The van der Waals surface area contributed by atoms with Gasteiger partial charge in [-0.1, -0.05) is 0 Å². The monoisotopic (exact) mass is 206 g/mol. The van der Waals surface area contributed by atoms with Crippen molar-refractivity contribution >= 4 is 5.91 Å². The lowest BCUT2D eigenvalue weighted by molar-refractivity contribution is -0.117. The van der Waals surface area contributed by atoms with Crippen LogP contribution in [0.4, 0.5) is 0 Å². The average Bonchev–Trinajstić information content (AvgIpc) is 2.63. The van der Waals surface area contributed by atoms with E-state index in [1.807, 2.05) is 13.0 Å². The molecule has 1 saturated heterocycles. The molecular weight excluding hydrogens is 192 g/mol. The minimum atomic E-state index is 0.00713. The minimum absolute atomic E-state index is 0.00713. The zero-order valence-corrected chi connectivity index (χ0v) is 8.67. The van der Waals surface area contributed by atoms with Gasteiger partial charge in [0.25, 0.3) is 0 Å². The first kappa shape index (κ1) is 9.98. The molecule has 1 aliphatic rings. The van der Waals surface area contributed by atoms with Crippen LogP contribution in [0.25, 0.3) is 0 Å². The van der Waals surface area contributed by atoms with Gasteiger partial charge in [-0.15, -0.1) is 0 Å². The van der Waals surface area contributed by atoms with Crippen LogP contribution >= 0.6 is 0 Å². The summed E-state index contributed by atoms with van der Waals surface area (Å²) in [7, 11) is 0. The number of nitrogens with one attached hydrogen (secondary N) is 2. The quantitative estimate of drug-likeness (QED) is 0.720. The van der Waals surface area contributed by atoms with Crippen molar-refractivity contribution in [1.82, 2.24) is 10.6 Å². The second-order valence-corrected chi connectivity index (χ2v) is 3.65. The molecule has 4 heteroatoms. The molecule has 2 rings (SSSR count). The topological polar surface area (TPSA) is 54.3 Å². The molecule has 0 saturated carbocycles. The van der Waals surface area contributed by atoms with Crippen LogP contribution in [-0.4, -0.2) is 19.0 Å². The first-order chi connectivity index (χ1) is 7.27. The van der Waals surface area contributed by atoms with Gasteiger partial charge in [-0.2, -0.15) is 0 Å². The number of amides is 1. The number of hydrogen-bond acceptors (Lipinski definition) is 3. The summed E-state index contributed by atoms with van der Waals surface area (Å²) in [5.41, 5.74) is 3.00. The van der Waals surface area contributed by atoms with Crippen LogP contribution in [0, 0.1) is 0 Å². The van der Waals surface area contributed by atoms with Crippen LogP contribution in [0.3, 0.4) is 0 Å². The summed E-state index contributed by atoms with van der Waals surface area (Å²) in [4.78, 5) is 11.6. The number of carbonyl (C=O) groups is 1. The minimum Gasteiger partial charge on any atom is -0.472 e. The van der Waals surface area contributed by atoms with E-state index in [1.54, 1.807) is 12.5 Å². The maximum Gasteiger partial charge on any atom is 0.247 e. The Bertz CT molecular complexity index is 373. The maximum absolute atomic E-state index is 11.6. The van der Waals surface area contributed by atoms with Gasteiger partial charge in [-0.05, 0) is 18.6 Å². The molecule has 4 nitrogen and oxygen atoms in total. The van der Waals surface area contributed by atoms with E-state index in [-0.39, 0.29) is 5.91 Å². The Morgan fingerprint density at radius 3 is 2.93 bits per heavy atom. The molecule has 1 amide bonds. The van der Waals surface area contributed by atoms with Gasteiger partial charge < -0.3 is 15.1 Å².